The van der Waals surface area contributed by atoms with E-state index in [1.54, 1.807) is 6.07 Å². The van der Waals surface area contributed by atoms with Gasteiger partial charge in [0.1, 0.15) is 25.0 Å². The summed E-state index contributed by atoms with van der Waals surface area (Å²) in [4.78, 5) is 1.25. The number of quaternary nitrogens is 1. The van der Waals surface area contributed by atoms with Crippen LogP contribution in [0.5, 0.6) is 0 Å². The van der Waals surface area contributed by atoms with E-state index in [1.807, 2.05) is 37.4 Å². The number of hydrogen-bond acceptors (Lipinski definition) is 1. The van der Waals surface area contributed by atoms with Crippen molar-refractivity contribution in [3.8, 4) is 0 Å². The zero-order chi connectivity index (χ0) is 16.7. The van der Waals surface area contributed by atoms with Gasteiger partial charge in [-0.05, 0) is 30.7 Å². The Balaban J connectivity index is 2.10. The molecule has 1 aromatic heterocycles. The lowest BCUT2D eigenvalue weighted by molar-refractivity contribution is -0.911. The van der Waals surface area contributed by atoms with E-state index < -0.39 is 0 Å². The lowest BCUT2D eigenvalue weighted by Gasteiger charge is -2.21. The molecule has 0 amide bonds. The van der Waals surface area contributed by atoms with Crippen LogP contribution >= 0.6 is 0 Å². The van der Waals surface area contributed by atoms with Gasteiger partial charge >= 0.3 is 0 Å². The molecule has 2 aromatic rings. The third-order valence-corrected chi connectivity index (χ3v) is 4.08. The number of hydrogen-bond donors (Lipinski definition) is 2. The van der Waals surface area contributed by atoms with Crippen molar-refractivity contribution >= 4 is 0 Å². The summed E-state index contributed by atoms with van der Waals surface area (Å²) in [5.74, 6) is -0.177. The summed E-state index contributed by atoms with van der Waals surface area (Å²) in [6.07, 6.45) is 4.29. The zero-order valence-electron chi connectivity index (χ0n) is 13.7. The minimum atomic E-state index is -0.306. The van der Waals surface area contributed by atoms with Crippen molar-refractivity contribution in [2.75, 3.05) is 13.1 Å². The van der Waals surface area contributed by atoms with Gasteiger partial charge in [0.25, 0.3) is 0 Å². The van der Waals surface area contributed by atoms with Gasteiger partial charge in [-0.3, -0.25) is 0 Å². The van der Waals surface area contributed by atoms with Crippen LogP contribution in [-0.4, -0.2) is 28.9 Å². The smallest absolute Gasteiger partial charge is 0.128 e. The predicted molar refractivity (Wildman–Crippen MR) is 90.8 cm³/mol. The lowest BCUT2D eigenvalue weighted by Crippen LogP contribution is -3.11. The van der Waals surface area contributed by atoms with E-state index in [2.05, 4.69) is 17.2 Å². The Kier molecular flexibility index (Phi) is 6.56. The Morgan fingerprint density at radius 3 is 2.78 bits per heavy atom. The van der Waals surface area contributed by atoms with Crippen LogP contribution in [0.1, 0.15) is 24.6 Å². The predicted octanol–water partition coefficient (Wildman–Crippen LogP) is 2.02. The Morgan fingerprint density at radius 1 is 1.30 bits per heavy atom. The Hall–Kier alpha value is -1.91. The minimum Gasteiger partial charge on any atom is -0.387 e. The molecule has 0 aliphatic rings. The normalized spacial score (nSPS) is 13.7. The average molecular weight is 317 g/mol. The second-order valence-corrected chi connectivity index (χ2v) is 5.90. The van der Waals surface area contributed by atoms with E-state index in [9.17, 15) is 9.50 Å². The molecule has 1 heterocycles. The first-order valence-corrected chi connectivity index (χ1v) is 8.14. The van der Waals surface area contributed by atoms with Crippen molar-refractivity contribution in [1.29, 1.82) is 0 Å². The fraction of sp³-hybridized carbons (Fsp3) is 0.368. The summed E-state index contributed by atoms with van der Waals surface area (Å²) < 4.78 is 15.9. The molecule has 1 aromatic carbocycles. The molecule has 0 spiro atoms. The van der Waals surface area contributed by atoms with Crippen molar-refractivity contribution in [1.82, 2.24) is 4.57 Å². The van der Waals surface area contributed by atoms with Crippen molar-refractivity contribution in [2.45, 2.75) is 32.5 Å². The van der Waals surface area contributed by atoms with E-state index >= 15 is 0 Å². The highest BCUT2D eigenvalue weighted by Crippen LogP contribution is 2.11. The molecule has 2 atom stereocenters. The summed E-state index contributed by atoms with van der Waals surface area (Å²) in [5, 5.41) is 9.91. The molecular weight excluding hydrogens is 291 g/mol. The highest BCUT2D eigenvalue weighted by Gasteiger charge is 2.15. The minimum absolute atomic E-state index is 0.177. The van der Waals surface area contributed by atoms with Crippen molar-refractivity contribution in [2.24, 2.45) is 0 Å². The quantitative estimate of drug-likeness (QED) is 0.681. The standard InChI is InChI=1S/C19H25FN2O/c1-3-11-21(15-18(23)4-2)14-17-9-7-12-22(17)13-16-8-5-6-10-19(16)20/h3,5-10,12,18,23H,1,4,11,13-15H2,2H3/p+1/t18-/m0/s1. The maximum Gasteiger partial charge on any atom is 0.128 e. The molecule has 2 N–H and O–H groups in total. The highest BCUT2D eigenvalue weighted by molar-refractivity contribution is 5.19. The number of benzene rings is 1. The molecule has 0 aliphatic heterocycles. The van der Waals surface area contributed by atoms with Crippen LogP contribution in [0, 0.1) is 5.82 Å². The van der Waals surface area contributed by atoms with Gasteiger partial charge in [-0.15, -0.1) is 0 Å². The molecule has 3 nitrogen and oxygen atoms in total. The third kappa shape index (κ3) is 5.05. The van der Waals surface area contributed by atoms with Gasteiger partial charge in [0, 0.05) is 11.8 Å². The van der Waals surface area contributed by atoms with E-state index in [-0.39, 0.29) is 11.9 Å². The molecule has 0 aliphatic carbocycles. The van der Waals surface area contributed by atoms with Crippen LogP contribution in [0.15, 0.2) is 55.3 Å². The maximum atomic E-state index is 13.8. The van der Waals surface area contributed by atoms with Crippen molar-refractivity contribution in [3.05, 3.63) is 72.3 Å². The van der Waals surface area contributed by atoms with Crippen LogP contribution in [0.4, 0.5) is 4.39 Å². The highest BCUT2D eigenvalue weighted by atomic mass is 19.1. The summed E-state index contributed by atoms with van der Waals surface area (Å²) in [6.45, 7) is 8.57. The maximum absolute atomic E-state index is 13.8. The molecule has 0 saturated carbocycles. The molecule has 0 bridgehead atoms. The van der Waals surface area contributed by atoms with Crippen LogP contribution < -0.4 is 4.90 Å². The van der Waals surface area contributed by atoms with Gasteiger partial charge in [0.15, 0.2) is 0 Å². The van der Waals surface area contributed by atoms with Gasteiger partial charge < -0.3 is 14.6 Å². The van der Waals surface area contributed by atoms with Crippen LogP contribution in [-0.2, 0) is 13.1 Å². The van der Waals surface area contributed by atoms with Gasteiger partial charge in [0.2, 0.25) is 0 Å². The summed E-state index contributed by atoms with van der Waals surface area (Å²) in [6, 6.07) is 10.9. The second-order valence-electron chi connectivity index (χ2n) is 5.90. The SMILES string of the molecule is C=CC[NH+](Cc1cccn1Cc1ccccc1F)C[C@@H](O)CC. The number of nitrogens with one attached hydrogen (secondary N) is 1. The number of aliphatic hydroxyl groups excluding tert-OH is 1. The first kappa shape index (κ1) is 17.4. The number of nitrogens with zero attached hydrogens (tertiary/aromatic N) is 1. The molecule has 4 heteroatoms. The molecule has 23 heavy (non-hydrogen) atoms. The van der Waals surface area contributed by atoms with Crippen molar-refractivity contribution in [3.63, 3.8) is 0 Å². The largest absolute Gasteiger partial charge is 0.387 e. The molecule has 0 radical (unpaired) electrons. The fourth-order valence-electron chi connectivity index (χ4n) is 2.74. The van der Waals surface area contributed by atoms with Gasteiger partial charge in [-0.25, -0.2) is 4.39 Å². The first-order valence-electron chi connectivity index (χ1n) is 8.14. The average Bonchev–Trinajstić information content (AvgIpc) is 2.96. The van der Waals surface area contributed by atoms with Crippen molar-refractivity contribution < 1.29 is 14.4 Å². The molecule has 1 unspecified atom stereocenters. The molecule has 124 valence electrons. The summed E-state index contributed by atoms with van der Waals surface area (Å²) >= 11 is 0. The number of aliphatic hydroxyl groups is 1. The Morgan fingerprint density at radius 2 is 2.09 bits per heavy atom. The van der Waals surface area contributed by atoms with Gasteiger partial charge in [0.05, 0.1) is 18.8 Å². The Labute approximate surface area is 137 Å². The number of aromatic nitrogens is 1. The van der Waals surface area contributed by atoms with E-state index in [4.69, 9.17) is 0 Å². The van der Waals surface area contributed by atoms with Gasteiger partial charge in [-0.1, -0.05) is 31.7 Å². The van der Waals surface area contributed by atoms with E-state index in [1.165, 1.54) is 11.0 Å². The summed E-state index contributed by atoms with van der Waals surface area (Å²) in [7, 11) is 0. The molecule has 0 fully saturated rings. The lowest BCUT2D eigenvalue weighted by atomic mass is 10.2. The summed E-state index contributed by atoms with van der Waals surface area (Å²) in [5.41, 5.74) is 1.82. The first-order chi connectivity index (χ1) is 11.1. The monoisotopic (exact) mass is 317 g/mol. The number of rotatable bonds is 9. The van der Waals surface area contributed by atoms with E-state index in [0.29, 0.717) is 18.7 Å². The fourth-order valence-corrected chi connectivity index (χ4v) is 2.74. The molecular formula is C19H26FN2O+. The number of halogens is 1. The van der Waals surface area contributed by atoms with Gasteiger partial charge in [-0.2, -0.15) is 0 Å². The molecule has 0 saturated heterocycles. The Bertz CT molecular complexity index is 623. The van der Waals surface area contributed by atoms with E-state index in [0.717, 1.165) is 25.2 Å². The van der Waals surface area contributed by atoms with Crippen LogP contribution in [0.3, 0.4) is 0 Å². The third-order valence-electron chi connectivity index (χ3n) is 4.08. The second kappa shape index (κ2) is 8.65. The molecule has 2 rings (SSSR count). The topological polar surface area (TPSA) is 29.6 Å². The van der Waals surface area contributed by atoms with Crippen LogP contribution in [0.25, 0.3) is 0 Å². The van der Waals surface area contributed by atoms with Crippen LogP contribution in [0.2, 0.25) is 0 Å². The zero-order valence-corrected chi connectivity index (χ0v) is 13.7.